The van der Waals surface area contributed by atoms with E-state index < -0.39 is 0 Å². The molecule has 1 N–H and O–H groups in total. The molecule has 0 aliphatic carbocycles. The molecule has 3 aromatic rings. The summed E-state index contributed by atoms with van der Waals surface area (Å²) in [6, 6.07) is 2.03. The van der Waals surface area contributed by atoms with Crippen LogP contribution < -0.4 is 5.32 Å². The van der Waals surface area contributed by atoms with Gasteiger partial charge in [-0.25, -0.2) is 9.50 Å². The molecule has 0 saturated carbocycles. The van der Waals surface area contributed by atoms with Crippen LogP contribution >= 0.6 is 0 Å². The van der Waals surface area contributed by atoms with Crippen molar-refractivity contribution in [3.63, 3.8) is 0 Å². The summed E-state index contributed by atoms with van der Waals surface area (Å²) < 4.78 is 3.75. The van der Waals surface area contributed by atoms with Gasteiger partial charge < -0.3 is 5.32 Å². The summed E-state index contributed by atoms with van der Waals surface area (Å²) in [7, 11) is 1.96. The number of aryl methyl sites for hydroxylation is 3. The van der Waals surface area contributed by atoms with Gasteiger partial charge in [-0.05, 0) is 26.8 Å². The molecule has 0 bridgehead atoms. The van der Waals surface area contributed by atoms with Crippen LogP contribution in [0.15, 0.2) is 18.5 Å². The minimum atomic E-state index is 0.711. The molecule has 3 aromatic heterocycles. The Morgan fingerprint density at radius 1 is 1.20 bits per heavy atom. The van der Waals surface area contributed by atoms with Crippen molar-refractivity contribution in [2.24, 2.45) is 7.05 Å². The lowest BCUT2D eigenvalue weighted by Gasteiger charge is -2.07. The van der Waals surface area contributed by atoms with Crippen LogP contribution in [0.1, 0.15) is 22.6 Å². The van der Waals surface area contributed by atoms with Crippen LogP contribution in [0.2, 0.25) is 0 Å². The molecule has 0 aliphatic heterocycles. The summed E-state index contributed by atoms with van der Waals surface area (Å²) in [6.07, 6.45) is 3.61. The molecule has 0 spiro atoms. The molecule has 0 aliphatic rings. The maximum Gasteiger partial charge on any atom is 0.152 e. The highest BCUT2D eigenvalue weighted by Crippen LogP contribution is 2.18. The monoisotopic (exact) mass is 270 g/mol. The van der Waals surface area contributed by atoms with E-state index in [-0.39, 0.29) is 0 Å². The standard InChI is InChI=1S/C14H18N6/c1-9-7-13-14(15-5-6-20(13)17-9)16-8-12-10(2)18-19(4)11(12)3/h5-7H,8H2,1-4H3,(H,15,16). The average molecular weight is 270 g/mol. The predicted octanol–water partition coefficient (Wildman–Crippen LogP) is 2.00. The van der Waals surface area contributed by atoms with Crippen LogP contribution in [0, 0.1) is 20.8 Å². The highest BCUT2D eigenvalue weighted by atomic mass is 15.3. The highest BCUT2D eigenvalue weighted by molar-refractivity contribution is 5.67. The average Bonchev–Trinajstić information content (AvgIpc) is 2.89. The van der Waals surface area contributed by atoms with E-state index in [0.29, 0.717) is 6.54 Å². The van der Waals surface area contributed by atoms with Crippen LogP contribution in [0.3, 0.4) is 0 Å². The first-order valence-electron chi connectivity index (χ1n) is 6.60. The predicted molar refractivity (Wildman–Crippen MR) is 77.7 cm³/mol. The van der Waals surface area contributed by atoms with Crippen molar-refractivity contribution < 1.29 is 0 Å². The summed E-state index contributed by atoms with van der Waals surface area (Å²) in [5.74, 6) is 0.843. The SMILES string of the molecule is Cc1cc2c(NCc3c(C)nn(C)c3C)nccn2n1. The van der Waals surface area contributed by atoms with E-state index in [1.54, 1.807) is 6.20 Å². The Labute approximate surface area is 117 Å². The third-order valence-electron chi connectivity index (χ3n) is 3.60. The van der Waals surface area contributed by atoms with Crippen LogP contribution in [0.4, 0.5) is 5.82 Å². The fourth-order valence-corrected chi connectivity index (χ4v) is 2.43. The fourth-order valence-electron chi connectivity index (χ4n) is 2.43. The molecule has 3 rings (SSSR count). The summed E-state index contributed by atoms with van der Waals surface area (Å²) >= 11 is 0. The van der Waals surface area contributed by atoms with Gasteiger partial charge in [0.15, 0.2) is 5.82 Å². The molecular weight excluding hydrogens is 252 g/mol. The van der Waals surface area contributed by atoms with E-state index >= 15 is 0 Å². The second-order valence-corrected chi connectivity index (χ2v) is 5.02. The van der Waals surface area contributed by atoms with E-state index in [2.05, 4.69) is 27.4 Å². The Morgan fingerprint density at radius 2 is 2.00 bits per heavy atom. The summed E-state index contributed by atoms with van der Waals surface area (Å²) in [5.41, 5.74) is 5.41. The molecule has 0 saturated heterocycles. The van der Waals surface area contributed by atoms with Crippen molar-refractivity contribution in [3.8, 4) is 0 Å². The Kier molecular flexibility index (Phi) is 2.93. The zero-order chi connectivity index (χ0) is 14.3. The molecule has 0 aromatic carbocycles. The minimum Gasteiger partial charge on any atom is -0.364 e. The van der Waals surface area contributed by atoms with Crippen LogP contribution in [0.5, 0.6) is 0 Å². The van der Waals surface area contributed by atoms with Gasteiger partial charge in [0.25, 0.3) is 0 Å². The van der Waals surface area contributed by atoms with Crippen LogP contribution in [-0.2, 0) is 13.6 Å². The van der Waals surface area contributed by atoms with Gasteiger partial charge in [0.05, 0.1) is 11.4 Å². The van der Waals surface area contributed by atoms with Crippen LogP contribution in [0.25, 0.3) is 5.52 Å². The smallest absolute Gasteiger partial charge is 0.152 e. The van der Waals surface area contributed by atoms with Gasteiger partial charge in [0.1, 0.15) is 5.52 Å². The lowest BCUT2D eigenvalue weighted by molar-refractivity contribution is 0.730. The number of nitrogens with zero attached hydrogens (tertiary/aromatic N) is 5. The number of fused-ring (bicyclic) bond motifs is 1. The second-order valence-electron chi connectivity index (χ2n) is 5.02. The summed E-state index contributed by atoms with van der Waals surface area (Å²) in [6.45, 7) is 6.80. The molecule has 0 fully saturated rings. The Bertz CT molecular complexity index is 767. The lowest BCUT2D eigenvalue weighted by Crippen LogP contribution is -2.05. The molecule has 0 atom stereocenters. The molecule has 6 nitrogen and oxygen atoms in total. The molecular formula is C14H18N6. The molecule has 0 amide bonds. The first-order valence-corrected chi connectivity index (χ1v) is 6.60. The number of nitrogens with one attached hydrogen (secondary N) is 1. The number of rotatable bonds is 3. The lowest BCUT2D eigenvalue weighted by atomic mass is 10.2. The van der Waals surface area contributed by atoms with E-state index in [1.807, 2.05) is 42.4 Å². The molecule has 6 heteroatoms. The van der Waals surface area contributed by atoms with Crippen molar-refractivity contribution in [2.75, 3.05) is 5.32 Å². The van der Waals surface area contributed by atoms with Gasteiger partial charge in [-0.2, -0.15) is 10.2 Å². The Hall–Kier alpha value is -2.37. The van der Waals surface area contributed by atoms with E-state index in [0.717, 1.165) is 22.7 Å². The fraction of sp³-hybridized carbons (Fsp3) is 0.357. The number of hydrogen-bond donors (Lipinski definition) is 1. The van der Waals surface area contributed by atoms with Crippen molar-refractivity contribution in [1.29, 1.82) is 0 Å². The normalized spacial score (nSPS) is 11.2. The topological polar surface area (TPSA) is 60.0 Å². The van der Waals surface area contributed by atoms with Crippen molar-refractivity contribution in [2.45, 2.75) is 27.3 Å². The van der Waals surface area contributed by atoms with Gasteiger partial charge in [0.2, 0.25) is 0 Å². The van der Waals surface area contributed by atoms with Gasteiger partial charge in [-0.15, -0.1) is 0 Å². The Morgan fingerprint density at radius 3 is 2.70 bits per heavy atom. The quantitative estimate of drug-likeness (QED) is 0.791. The molecule has 104 valence electrons. The highest BCUT2D eigenvalue weighted by Gasteiger charge is 2.10. The maximum absolute atomic E-state index is 4.43. The van der Waals surface area contributed by atoms with Crippen molar-refractivity contribution in [3.05, 3.63) is 41.1 Å². The van der Waals surface area contributed by atoms with Gasteiger partial charge in [-0.1, -0.05) is 0 Å². The van der Waals surface area contributed by atoms with Gasteiger partial charge in [-0.3, -0.25) is 4.68 Å². The largest absolute Gasteiger partial charge is 0.364 e. The molecule has 0 unspecified atom stereocenters. The van der Waals surface area contributed by atoms with Crippen molar-refractivity contribution in [1.82, 2.24) is 24.4 Å². The van der Waals surface area contributed by atoms with Crippen molar-refractivity contribution >= 4 is 11.3 Å². The molecule has 0 radical (unpaired) electrons. The minimum absolute atomic E-state index is 0.711. The van der Waals surface area contributed by atoms with Gasteiger partial charge >= 0.3 is 0 Å². The summed E-state index contributed by atoms with van der Waals surface area (Å²) in [5, 5.41) is 12.2. The van der Waals surface area contributed by atoms with E-state index in [4.69, 9.17) is 0 Å². The maximum atomic E-state index is 4.43. The zero-order valence-electron chi connectivity index (χ0n) is 12.2. The third-order valence-corrected chi connectivity index (χ3v) is 3.60. The number of anilines is 1. The summed E-state index contributed by atoms with van der Waals surface area (Å²) in [4.78, 5) is 4.40. The molecule has 20 heavy (non-hydrogen) atoms. The Balaban J connectivity index is 1.90. The van der Waals surface area contributed by atoms with E-state index in [1.165, 1.54) is 11.3 Å². The first-order chi connectivity index (χ1) is 9.56. The van der Waals surface area contributed by atoms with Crippen LogP contribution in [-0.4, -0.2) is 24.4 Å². The number of hydrogen-bond acceptors (Lipinski definition) is 4. The third kappa shape index (κ3) is 2.03. The number of aromatic nitrogens is 5. The second kappa shape index (κ2) is 4.63. The zero-order valence-corrected chi connectivity index (χ0v) is 12.2. The van der Waals surface area contributed by atoms with Gasteiger partial charge in [0, 0.05) is 37.2 Å². The molecule has 3 heterocycles. The van der Waals surface area contributed by atoms with E-state index in [9.17, 15) is 0 Å². The first kappa shape index (κ1) is 12.7.